The van der Waals surface area contributed by atoms with E-state index in [0.29, 0.717) is 5.41 Å². The first-order chi connectivity index (χ1) is 9.37. The van der Waals surface area contributed by atoms with Crippen molar-refractivity contribution in [3.05, 3.63) is 29.5 Å². The molecule has 1 fully saturated rings. The highest BCUT2D eigenvalue weighted by atomic mass is 16.4. The molecule has 1 aromatic heterocycles. The molecule has 0 aliphatic carbocycles. The van der Waals surface area contributed by atoms with Gasteiger partial charge in [0.05, 0.1) is 0 Å². The first-order valence-electron chi connectivity index (χ1n) is 7.00. The summed E-state index contributed by atoms with van der Waals surface area (Å²) in [7, 11) is 0. The lowest BCUT2D eigenvalue weighted by Gasteiger charge is -2.39. The van der Waals surface area contributed by atoms with Gasteiger partial charge in [0.2, 0.25) is 0 Å². The minimum atomic E-state index is -0.940. The molecule has 1 aliphatic rings. The number of carbonyl (C=O) groups is 1. The number of aromatic nitrogens is 1. The molecule has 0 unspecified atom stereocenters. The maximum absolute atomic E-state index is 10.5. The second kappa shape index (κ2) is 5.65. The van der Waals surface area contributed by atoms with Crippen molar-refractivity contribution in [2.75, 3.05) is 18.0 Å². The third-order valence-corrected chi connectivity index (χ3v) is 3.69. The van der Waals surface area contributed by atoms with Gasteiger partial charge in [-0.2, -0.15) is 0 Å². The number of carboxylic acid groups (broad SMARTS) is 1. The van der Waals surface area contributed by atoms with E-state index < -0.39 is 5.97 Å². The maximum atomic E-state index is 10.5. The van der Waals surface area contributed by atoms with Crippen LogP contribution in [0, 0.1) is 12.3 Å². The van der Waals surface area contributed by atoms with Crippen LogP contribution >= 0.6 is 0 Å². The summed E-state index contributed by atoms with van der Waals surface area (Å²) >= 11 is 0. The Morgan fingerprint density at radius 3 is 2.85 bits per heavy atom. The zero-order valence-electron chi connectivity index (χ0n) is 12.4. The van der Waals surface area contributed by atoms with Crippen LogP contribution in [-0.4, -0.2) is 29.1 Å². The van der Waals surface area contributed by atoms with Crippen LogP contribution in [0.1, 0.15) is 37.8 Å². The second-order valence-electron chi connectivity index (χ2n) is 6.27. The lowest BCUT2D eigenvalue weighted by molar-refractivity contribution is -0.131. The lowest BCUT2D eigenvalue weighted by atomic mass is 9.84. The number of carboxylic acids is 1. The van der Waals surface area contributed by atoms with E-state index in [1.807, 2.05) is 13.0 Å². The summed E-state index contributed by atoms with van der Waals surface area (Å²) in [6, 6.07) is 1.99. The molecule has 1 aliphatic heterocycles. The Balaban J connectivity index is 2.19. The summed E-state index contributed by atoms with van der Waals surface area (Å²) in [6.45, 7) is 8.67. The number of aliphatic carboxylic acids is 1. The van der Waals surface area contributed by atoms with Crippen LogP contribution in [-0.2, 0) is 4.79 Å². The van der Waals surface area contributed by atoms with E-state index in [1.165, 1.54) is 12.8 Å². The standard InChI is InChI=1S/C16H22N2O2/c1-12-9-13(5-6-14(19)20)10-17-15(12)18-8-4-7-16(2,3)11-18/h5-6,9-10H,4,7-8,11H2,1-3H3,(H,19,20)/b6-5+. The summed E-state index contributed by atoms with van der Waals surface area (Å²) in [4.78, 5) is 17.4. The molecule has 4 nitrogen and oxygen atoms in total. The van der Waals surface area contributed by atoms with Gasteiger partial charge in [-0.15, -0.1) is 0 Å². The Morgan fingerprint density at radius 2 is 2.25 bits per heavy atom. The average Bonchev–Trinajstić information content (AvgIpc) is 2.35. The SMILES string of the molecule is Cc1cc(/C=C/C(=O)O)cnc1N1CCCC(C)(C)C1. The monoisotopic (exact) mass is 274 g/mol. The van der Waals surface area contributed by atoms with Crippen LogP contribution in [0.2, 0.25) is 0 Å². The molecule has 0 radical (unpaired) electrons. The third kappa shape index (κ3) is 3.59. The van der Waals surface area contributed by atoms with Gasteiger partial charge in [-0.3, -0.25) is 0 Å². The first kappa shape index (κ1) is 14.6. The Labute approximate surface area is 120 Å². The molecule has 2 heterocycles. The summed E-state index contributed by atoms with van der Waals surface area (Å²) in [5.74, 6) is 0.0785. The highest BCUT2D eigenvalue weighted by Gasteiger charge is 2.27. The fourth-order valence-electron chi connectivity index (χ4n) is 2.78. The second-order valence-corrected chi connectivity index (χ2v) is 6.27. The topological polar surface area (TPSA) is 53.4 Å². The minimum absolute atomic E-state index is 0.328. The Bertz CT molecular complexity index is 535. The molecule has 1 aromatic rings. The predicted octanol–water partition coefficient (Wildman–Crippen LogP) is 3.11. The summed E-state index contributed by atoms with van der Waals surface area (Å²) in [5, 5.41) is 8.64. The van der Waals surface area contributed by atoms with Crippen molar-refractivity contribution in [3.8, 4) is 0 Å². The van der Waals surface area contributed by atoms with E-state index in [1.54, 1.807) is 12.3 Å². The van der Waals surface area contributed by atoms with E-state index in [2.05, 4.69) is 23.7 Å². The quantitative estimate of drug-likeness (QED) is 0.860. The lowest BCUT2D eigenvalue weighted by Crippen LogP contribution is -2.40. The molecule has 1 saturated heterocycles. The van der Waals surface area contributed by atoms with E-state index in [0.717, 1.165) is 36.1 Å². The smallest absolute Gasteiger partial charge is 0.328 e. The largest absolute Gasteiger partial charge is 0.478 e. The molecular weight excluding hydrogens is 252 g/mol. The minimum Gasteiger partial charge on any atom is -0.478 e. The molecule has 108 valence electrons. The number of nitrogens with zero attached hydrogens (tertiary/aromatic N) is 2. The van der Waals surface area contributed by atoms with Crippen molar-refractivity contribution >= 4 is 17.9 Å². The van der Waals surface area contributed by atoms with Crippen LogP contribution in [0.4, 0.5) is 5.82 Å². The number of hydrogen-bond donors (Lipinski definition) is 1. The summed E-state index contributed by atoms with van der Waals surface area (Å²) in [5.41, 5.74) is 2.24. The van der Waals surface area contributed by atoms with Crippen LogP contribution in [0.25, 0.3) is 6.08 Å². The molecule has 20 heavy (non-hydrogen) atoms. The van der Waals surface area contributed by atoms with E-state index in [-0.39, 0.29) is 0 Å². The number of anilines is 1. The van der Waals surface area contributed by atoms with Crippen LogP contribution in [0.15, 0.2) is 18.3 Å². The Morgan fingerprint density at radius 1 is 1.50 bits per heavy atom. The zero-order chi connectivity index (χ0) is 14.8. The number of pyridine rings is 1. The van der Waals surface area contributed by atoms with Gasteiger partial charge in [0.1, 0.15) is 5.82 Å². The van der Waals surface area contributed by atoms with Gasteiger partial charge in [0.15, 0.2) is 0 Å². The highest BCUT2D eigenvalue weighted by molar-refractivity contribution is 5.85. The van der Waals surface area contributed by atoms with E-state index in [9.17, 15) is 4.79 Å². The van der Waals surface area contributed by atoms with E-state index >= 15 is 0 Å². The Hall–Kier alpha value is -1.84. The van der Waals surface area contributed by atoms with Crippen molar-refractivity contribution in [2.24, 2.45) is 5.41 Å². The molecule has 0 atom stereocenters. The fourth-order valence-corrected chi connectivity index (χ4v) is 2.78. The van der Waals surface area contributed by atoms with Crippen LogP contribution in [0.5, 0.6) is 0 Å². The van der Waals surface area contributed by atoms with Gasteiger partial charge in [0, 0.05) is 25.4 Å². The van der Waals surface area contributed by atoms with Crippen molar-refractivity contribution in [3.63, 3.8) is 0 Å². The van der Waals surface area contributed by atoms with Gasteiger partial charge in [0.25, 0.3) is 0 Å². The summed E-state index contributed by atoms with van der Waals surface area (Å²) < 4.78 is 0. The fraction of sp³-hybridized carbons (Fsp3) is 0.500. The molecule has 0 aromatic carbocycles. The van der Waals surface area contributed by atoms with Gasteiger partial charge in [-0.05, 0) is 48.4 Å². The first-order valence-corrected chi connectivity index (χ1v) is 7.00. The number of hydrogen-bond acceptors (Lipinski definition) is 3. The molecular formula is C16H22N2O2. The van der Waals surface area contributed by atoms with Crippen molar-refractivity contribution in [1.82, 2.24) is 4.98 Å². The molecule has 0 bridgehead atoms. The highest BCUT2D eigenvalue weighted by Crippen LogP contribution is 2.32. The average molecular weight is 274 g/mol. The van der Waals surface area contributed by atoms with E-state index in [4.69, 9.17) is 5.11 Å². The van der Waals surface area contributed by atoms with Gasteiger partial charge in [-0.1, -0.05) is 13.8 Å². The predicted molar refractivity (Wildman–Crippen MR) is 80.9 cm³/mol. The maximum Gasteiger partial charge on any atom is 0.328 e. The number of piperidine rings is 1. The number of aryl methyl sites for hydroxylation is 1. The third-order valence-electron chi connectivity index (χ3n) is 3.69. The zero-order valence-corrected chi connectivity index (χ0v) is 12.4. The Kier molecular flexibility index (Phi) is 4.12. The van der Waals surface area contributed by atoms with Gasteiger partial charge >= 0.3 is 5.97 Å². The number of rotatable bonds is 3. The summed E-state index contributed by atoms with van der Waals surface area (Å²) in [6.07, 6.45) is 6.90. The van der Waals surface area contributed by atoms with Crippen molar-refractivity contribution in [2.45, 2.75) is 33.6 Å². The molecule has 2 rings (SSSR count). The van der Waals surface area contributed by atoms with Crippen LogP contribution < -0.4 is 4.90 Å². The molecule has 1 N–H and O–H groups in total. The van der Waals surface area contributed by atoms with Crippen LogP contribution in [0.3, 0.4) is 0 Å². The van der Waals surface area contributed by atoms with Crippen molar-refractivity contribution in [1.29, 1.82) is 0 Å². The van der Waals surface area contributed by atoms with Gasteiger partial charge in [-0.25, -0.2) is 9.78 Å². The molecule has 4 heteroatoms. The molecule has 0 amide bonds. The molecule has 0 spiro atoms. The molecule has 0 saturated carbocycles. The van der Waals surface area contributed by atoms with Gasteiger partial charge < -0.3 is 10.0 Å². The van der Waals surface area contributed by atoms with Crippen molar-refractivity contribution < 1.29 is 9.90 Å². The normalized spacial score (nSPS) is 18.4.